The van der Waals surface area contributed by atoms with Crippen molar-refractivity contribution in [3.8, 4) is 11.1 Å². The number of thioether (sulfide) groups is 1. The zero-order valence-electron chi connectivity index (χ0n) is 20.8. The molecule has 37 heavy (non-hydrogen) atoms. The molecule has 1 saturated heterocycles. The maximum Gasteiger partial charge on any atom is 0.350 e. The van der Waals surface area contributed by atoms with Gasteiger partial charge >= 0.3 is 5.69 Å². The molecular formula is C29H27ClN4O2S. The van der Waals surface area contributed by atoms with Crippen LogP contribution in [-0.2, 0) is 11.3 Å². The third-order valence-corrected chi connectivity index (χ3v) is 8.86. The van der Waals surface area contributed by atoms with E-state index >= 15 is 0 Å². The molecule has 0 bridgehead atoms. The summed E-state index contributed by atoms with van der Waals surface area (Å²) in [7, 11) is 0. The van der Waals surface area contributed by atoms with Crippen molar-refractivity contribution >= 4 is 56.8 Å². The number of halogens is 1. The number of piperazine rings is 1. The van der Waals surface area contributed by atoms with E-state index in [0.717, 1.165) is 43.5 Å². The number of hydrogen-bond acceptors (Lipinski definition) is 5. The van der Waals surface area contributed by atoms with Gasteiger partial charge in [0.25, 0.3) is 0 Å². The van der Waals surface area contributed by atoms with Gasteiger partial charge in [0.1, 0.15) is 5.82 Å². The van der Waals surface area contributed by atoms with Crippen molar-refractivity contribution in [2.45, 2.75) is 37.4 Å². The van der Waals surface area contributed by atoms with Crippen LogP contribution >= 0.6 is 23.4 Å². The zero-order chi connectivity index (χ0) is 25.8. The SMILES string of the molecule is C=CC(=O)N1C[C@H](C)N(c2nc(=O)n3c4c(c(-c5cccc6ccccc56)c(Cl)cc24)SCC3)C[C@H]1C. The Morgan fingerprint density at radius 3 is 2.70 bits per heavy atom. The molecule has 2 aliphatic rings. The molecule has 0 unspecified atom stereocenters. The standard InChI is InChI=1S/C29H27ClN4O2S/c1-4-24(35)33-15-18(3)34(16-17(33)2)28-22-14-23(30)25(21-11-7-9-19-8-5-6-10-20(19)21)27-26(22)32(12-13-37-27)29(36)31-28/h4-11,14,17-18H,1,12-13,15-16H2,2-3H3/t17-,18+/m1/s1. The molecule has 3 aromatic carbocycles. The second-order valence-electron chi connectivity index (χ2n) is 9.75. The number of rotatable bonds is 3. The van der Waals surface area contributed by atoms with Crippen molar-refractivity contribution in [3.05, 3.63) is 76.7 Å². The minimum absolute atomic E-state index is 0.0263. The van der Waals surface area contributed by atoms with Gasteiger partial charge in [-0.05, 0) is 42.3 Å². The third kappa shape index (κ3) is 3.83. The number of benzene rings is 3. The van der Waals surface area contributed by atoms with Crippen LogP contribution in [0, 0.1) is 0 Å². The van der Waals surface area contributed by atoms with E-state index in [9.17, 15) is 9.59 Å². The zero-order valence-corrected chi connectivity index (χ0v) is 22.4. The predicted molar refractivity (Wildman–Crippen MR) is 153 cm³/mol. The number of fused-ring (bicyclic) bond motifs is 1. The Morgan fingerprint density at radius 2 is 1.89 bits per heavy atom. The number of aryl methyl sites for hydroxylation is 1. The molecule has 0 radical (unpaired) electrons. The average molecular weight is 531 g/mol. The second-order valence-corrected chi connectivity index (χ2v) is 11.3. The highest BCUT2D eigenvalue weighted by molar-refractivity contribution is 7.99. The van der Waals surface area contributed by atoms with Crippen molar-refractivity contribution in [3.63, 3.8) is 0 Å². The number of aromatic nitrogens is 2. The van der Waals surface area contributed by atoms with E-state index < -0.39 is 0 Å². The summed E-state index contributed by atoms with van der Waals surface area (Å²) in [5, 5.41) is 3.79. The maximum atomic E-state index is 13.4. The van der Waals surface area contributed by atoms with Gasteiger partial charge in [0.05, 0.1) is 10.5 Å². The summed E-state index contributed by atoms with van der Waals surface area (Å²) in [5.41, 5.74) is 2.66. The minimum atomic E-state index is -0.250. The Balaban J connectivity index is 1.58. The fourth-order valence-electron chi connectivity index (χ4n) is 5.71. The van der Waals surface area contributed by atoms with Gasteiger partial charge in [-0.1, -0.05) is 60.6 Å². The van der Waals surface area contributed by atoms with E-state index in [1.807, 2.05) is 30.0 Å². The molecule has 4 aromatic rings. The van der Waals surface area contributed by atoms with Gasteiger partial charge in [0, 0.05) is 53.3 Å². The molecule has 1 amide bonds. The highest BCUT2D eigenvalue weighted by Gasteiger charge is 2.34. The molecule has 6 rings (SSSR count). The fraction of sp³-hybridized carbons (Fsp3) is 0.276. The van der Waals surface area contributed by atoms with Gasteiger partial charge in [0.2, 0.25) is 5.91 Å². The normalized spacial score (nSPS) is 19.4. The van der Waals surface area contributed by atoms with Crippen LogP contribution in [0.5, 0.6) is 0 Å². The highest BCUT2D eigenvalue weighted by atomic mass is 35.5. The van der Waals surface area contributed by atoms with Crippen LogP contribution in [0.3, 0.4) is 0 Å². The quantitative estimate of drug-likeness (QED) is 0.323. The number of amides is 1. The van der Waals surface area contributed by atoms with Crippen LogP contribution in [0.4, 0.5) is 5.82 Å². The molecule has 0 spiro atoms. The van der Waals surface area contributed by atoms with Crippen molar-refractivity contribution < 1.29 is 4.79 Å². The first-order valence-electron chi connectivity index (χ1n) is 12.5. The molecule has 3 heterocycles. The summed E-state index contributed by atoms with van der Waals surface area (Å²) in [6.07, 6.45) is 1.36. The summed E-state index contributed by atoms with van der Waals surface area (Å²) in [6, 6.07) is 16.4. The summed E-state index contributed by atoms with van der Waals surface area (Å²) >= 11 is 8.83. The molecule has 1 aromatic heterocycles. The number of anilines is 1. The Labute approximate surface area is 224 Å². The van der Waals surface area contributed by atoms with E-state index in [-0.39, 0.29) is 23.7 Å². The fourth-order valence-corrected chi connectivity index (χ4v) is 7.27. The van der Waals surface area contributed by atoms with Crippen LogP contribution in [-0.4, -0.2) is 51.3 Å². The van der Waals surface area contributed by atoms with Crippen LogP contribution in [0.25, 0.3) is 32.8 Å². The number of nitrogens with zero attached hydrogens (tertiary/aromatic N) is 4. The van der Waals surface area contributed by atoms with Gasteiger partial charge in [-0.15, -0.1) is 11.8 Å². The monoisotopic (exact) mass is 530 g/mol. The predicted octanol–water partition coefficient (Wildman–Crippen LogP) is 5.59. The van der Waals surface area contributed by atoms with Gasteiger partial charge < -0.3 is 9.80 Å². The Bertz CT molecular complexity index is 1640. The summed E-state index contributed by atoms with van der Waals surface area (Å²) in [6.45, 7) is 9.41. The van der Waals surface area contributed by atoms with E-state index in [4.69, 9.17) is 11.6 Å². The summed E-state index contributed by atoms with van der Waals surface area (Å²) in [4.78, 5) is 35.3. The Kier molecular flexibility index (Phi) is 6.00. The Morgan fingerprint density at radius 1 is 1.11 bits per heavy atom. The topological polar surface area (TPSA) is 58.4 Å². The van der Waals surface area contributed by atoms with E-state index in [1.54, 1.807) is 16.3 Å². The van der Waals surface area contributed by atoms with E-state index in [0.29, 0.717) is 30.5 Å². The Hall–Kier alpha value is -3.29. The number of hydrogen-bond donors (Lipinski definition) is 0. The molecule has 1 fully saturated rings. The van der Waals surface area contributed by atoms with Gasteiger partial charge in [-0.2, -0.15) is 4.98 Å². The van der Waals surface area contributed by atoms with Crippen molar-refractivity contribution in [1.29, 1.82) is 0 Å². The van der Waals surface area contributed by atoms with Gasteiger partial charge in [-0.3, -0.25) is 9.36 Å². The molecule has 0 N–H and O–H groups in total. The summed E-state index contributed by atoms with van der Waals surface area (Å²) < 4.78 is 1.79. The van der Waals surface area contributed by atoms with E-state index in [2.05, 4.69) is 53.7 Å². The number of carbonyl (C=O) groups is 1. The van der Waals surface area contributed by atoms with Gasteiger partial charge in [-0.25, -0.2) is 4.79 Å². The van der Waals surface area contributed by atoms with Crippen LogP contribution < -0.4 is 10.6 Å². The van der Waals surface area contributed by atoms with Gasteiger partial charge in [0.15, 0.2) is 0 Å². The van der Waals surface area contributed by atoms with Crippen molar-refractivity contribution in [1.82, 2.24) is 14.5 Å². The molecule has 0 aliphatic carbocycles. The number of carbonyl (C=O) groups excluding carboxylic acids is 1. The van der Waals surface area contributed by atoms with Crippen LogP contribution in [0.2, 0.25) is 5.02 Å². The third-order valence-electron chi connectivity index (χ3n) is 7.49. The van der Waals surface area contributed by atoms with E-state index in [1.165, 1.54) is 6.08 Å². The smallest absolute Gasteiger partial charge is 0.349 e. The highest BCUT2D eigenvalue weighted by Crippen LogP contribution is 2.47. The van der Waals surface area contributed by atoms with Crippen molar-refractivity contribution in [2.75, 3.05) is 23.7 Å². The molecule has 2 atom stereocenters. The molecule has 188 valence electrons. The largest absolute Gasteiger partial charge is 0.350 e. The lowest BCUT2D eigenvalue weighted by atomic mass is 9.96. The molecule has 8 heteroatoms. The lowest BCUT2D eigenvalue weighted by Gasteiger charge is -2.44. The molecule has 0 saturated carbocycles. The summed E-state index contributed by atoms with van der Waals surface area (Å²) in [5.74, 6) is 1.33. The maximum absolute atomic E-state index is 13.4. The van der Waals surface area contributed by atoms with Crippen molar-refractivity contribution in [2.24, 2.45) is 0 Å². The van der Waals surface area contributed by atoms with Crippen LogP contribution in [0.1, 0.15) is 13.8 Å². The molecular weight excluding hydrogens is 504 g/mol. The lowest BCUT2D eigenvalue weighted by Crippen LogP contribution is -2.58. The molecule has 2 aliphatic heterocycles. The lowest BCUT2D eigenvalue weighted by molar-refractivity contribution is -0.128. The van der Waals surface area contributed by atoms with Crippen LogP contribution in [0.15, 0.2) is 70.9 Å². The second kappa shape index (κ2) is 9.23. The first-order chi connectivity index (χ1) is 17.9. The first-order valence-corrected chi connectivity index (χ1v) is 13.8. The first kappa shape index (κ1) is 24.1. The minimum Gasteiger partial charge on any atom is -0.349 e. The molecule has 6 nitrogen and oxygen atoms in total. The average Bonchev–Trinajstić information content (AvgIpc) is 2.91.